The molecule has 0 bridgehead atoms. The molecule has 0 atom stereocenters. The van der Waals surface area contributed by atoms with Gasteiger partial charge in [-0.2, -0.15) is 0 Å². The van der Waals surface area contributed by atoms with Crippen LogP contribution in [0.25, 0.3) is 21.3 Å². The molecule has 1 radical (unpaired) electrons. The normalized spacial score (nSPS) is 12.2. The Kier molecular flexibility index (Phi) is 10.2. The van der Waals surface area contributed by atoms with Crippen molar-refractivity contribution in [2.24, 2.45) is 10.8 Å². The van der Waals surface area contributed by atoms with Gasteiger partial charge in [0, 0.05) is 53.3 Å². The van der Waals surface area contributed by atoms with Gasteiger partial charge < -0.3 is 10.1 Å². The van der Waals surface area contributed by atoms with E-state index < -0.39 is 5.41 Å². The number of carbonyl (C=O) groups excluding carboxylic acids is 1. The number of benzene rings is 1. The van der Waals surface area contributed by atoms with Crippen molar-refractivity contribution in [3.63, 3.8) is 0 Å². The number of aliphatic hydroxyl groups is 1. The first-order valence-electron chi connectivity index (χ1n) is 11.0. The standard InChI is InChI=1S/C17H16NS.C11H20O2.Ir/c1-11(2)14-6-12(3)7-15(8-14)16-9-17-13(10-18-16)4-5-19-17;1-10(2,3)8(12)7-9(13)11(4,5)6;/h4-6,8-11H,1-3H3;7,12H,1-6H3;/q-1;;/b;8-7-;. The van der Waals surface area contributed by atoms with Gasteiger partial charge in [0.15, 0.2) is 5.78 Å². The fourth-order valence-corrected chi connectivity index (χ4v) is 3.57. The number of aryl methyl sites for hydroxylation is 1. The zero-order valence-electron chi connectivity index (χ0n) is 21.2. The van der Waals surface area contributed by atoms with Crippen molar-refractivity contribution in [2.75, 3.05) is 0 Å². The molecule has 3 nitrogen and oxygen atoms in total. The summed E-state index contributed by atoms with van der Waals surface area (Å²) in [6.07, 6.45) is 3.28. The zero-order chi connectivity index (χ0) is 24.3. The number of ketones is 1. The maximum Gasteiger partial charge on any atom is 0.164 e. The predicted octanol–water partition coefficient (Wildman–Crippen LogP) is 8.28. The molecular weight excluding hydrogens is 607 g/mol. The van der Waals surface area contributed by atoms with Gasteiger partial charge in [0.2, 0.25) is 0 Å². The Morgan fingerprint density at radius 2 is 1.73 bits per heavy atom. The molecule has 0 amide bonds. The van der Waals surface area contributed by atoms with Gasteiger partial charge in [-0.05, 0) is 23.1 Å². The number of pyridine rings is 1. The van der Waals surface area contributed by atoms with Crippen molar-refractivity contribution in [1.29, 1.82) is 0 Å². The van der Waals surface area contributed by atoms with Crippen molar-refractivity contribution in [3.05, 3.63) is 64.9 Å². The quantitative estimate of drug-likeness (QED) is 0.178. The van der Waals surface area contributed by atoms with E-state index in [2.05, 4.69) is 61.5 Å². The minimum atomic E-state index is -0.417. The Labute approximate surface area is 216 Å². The molecule has 5 heteroatoms. The van der Waals surface area contributed by atoms with Crippen LogP contribution < -0.4 is 0 Å². The van der Waals surface area contributed by atoms with Crippen LogP contribution in [0.15, 0.2) is 47.7 Å². The first-order chi connectivity index (χ1) is 14.7. The summed E-state index contributed by atoms with van der Waals surface area (Å²) in [5.41, 5.74) is 3.87. The van der Waals surface area contributed by atoms with Crippen LogP contribution in [0.5, 0.6) is 0 Å². The number of hydrogen-bond acceptors (Lipinski definition) is 4. The van der Waals surface area contributed by atoms with Crippen LogP contribution in [0.1, 0.15) is 72.4 Å². The molecule has 0 spiro atoms. The molecule has 0 aliphatic heterocycles. The number of fused-ring (bicyclic) bond motifs is 1. The summed E-state index contributed by atoms with van der Waals surface area (Å²) in [7, 11) is 0. The van der Waals surface area contributed by atoms with Crippen molar-refractivity contribution < 1.29 is 30.0 Å². The summed E-state index contributed by atoms with van der Waals surface area (Å²) in [4.78, 5) is 16.1. The van der Waals surface area contributed by atoms with Crippen LogP contribution in [-0.4, -0.2) is 15.9 Å². The Morgan fingerprint density at radius 1 is 1.09 bits per heavy atom. The van der Waals surface area contributed by atoms with Crippen molar-refractivity contribution in [1.82, 2.24) is 4.98 Å². The van der Waals surface area contributed by atoms with E-state index in [9.17, 15) is 9.90 Å². The Bertz CT molecular complexity index is 1110. The first-order valence-corrected chi connectivity index (χ1v) is 11.9. The molecule has 2 heterocycles. The number of rotatable bonds is 3. The van der Waals surface area contributed by atoms with Gasteiger partial charge in [-0.15, -0.1) is 46.2 Å². The number of aromatic nitrogens is 1. The van der Waals surface area contributed by atoms with Crippen molar-refractivity contribution in [2.45, 2.75) is 68.2 Å². The van der Waals surface area contributed by atoms with Crippen LogP contribution >= 0.6 is 11.3 Å². The van der Waals surface area contributed by atoms with Gasteiger partial charge in [-0.25, -0.2) is 0 Å². The average molecular weight is 643 g/mol. The largest absolute Gasteiger partial charge is 0.512 e. The molecule has 3 aromatic rings. The molecule has 0 aliphatic rings. The maximum atomic E-state index is 11.5. The number of nitrogens with zero attached hydrogens (tertiary/aromatic N) is 1. The molecule has 1 aromatic carbocycles. The topological polar surface area (TPSA) is 50.2 Å². The smallest absolute Gasteiger partial charge is 0.164 e. The van der Waals surface area contributed by atoms with E-state index in [-0.39, 0.29) is 37.1 Å². The summed E-state index contributed by atoms with van der Waals surface area (Å²) in [6, 6.07) is 12.1. The molecule has 181 valence electrons. The van der Waals surface area contributed by atoms with Crippen LogP contribution in [-0.2, 0) is 24.9 Å². The van der Waals surface area contributed by atoms with Gasteiger partial charge in [-0.3, -0.25) is 4.79 Å². The molecule has 3 rings (SSSR count). The molecule has 1 N–H and O–H groups in total. The average Bonchev–Trinajstić information content (AvgIpc) is 3.14. The number of thiophene rings is 1. The van der Waals surface area contributed by atoms with E-state index in [0.717, 1.165) is 11.3 Å². The molecule has 0 saturated carbocycles. The van der Waals surface area contributed by atoms with Gasteiger partial charge in [0.25, 0.3) is 0 Å². The summed E-state index contributed by atoms with van der Waals surface area (Å²) in [5.74, 6) is 0.630. The second kappa shape index (κ2) is 11.6. The summed E-state index contributed by atoms with van der Waals surface area (Å²) in [5, 5.41) is 12.9. The molecule has 0 saturated heterocycles. The first kappa shape index (κ1) is 29.2. The molecule has 0 fully saturated rings. The third-order valence-electron chi connectivity index (χ3n) is 5.08. The van der Waals surface area contributed by atoms with Crippen LogP contribution in [0.2, 0.25) is 0 Å². The van der Waals surface area contributed by atoms with Crippen LogP contribution in [0, 0.1) is 23.8 Å². The minimum absolute atomic E-state index is 0. The minimum Gasteiger partial charge on any atom is -0.512 e. The third kappa shape index (κ3) is 8.48. The second-order valence-electron chi connectivity index (χ2n) is 10.6. The SMILES string of the molecule is CC(C)(C)C(=O)/C=C(\O)C(C)(C)C.Cc1[c-]c(-c2cc3sccc3cn2)cc(C(C)C)c1.[Ir]. The van der Waals surface area contributed by atoms with Crippen LogP contribution in [0.4, 0.5) is 0 Å². The fraction of sp³-hybridized carbons (Fsp3) is 0.429. The van der Waals surface area contributed by atoms with Crippen molar-refractivity contribution >= 4 is 27.2 Å². The van der Waals surface area contributed by atoms with E-state index in [0.29, 0.717) is 5.92 Å². The molecular formula is C28H36IrNO2S-. The number of carbonyl (C=O) groups is 1. The van der Waals surface area contributed by atoms with Gasteiger partial charge in [0.1, 0.15) is 5.76 Å². The summed E-state index contributed by atoms with van der Waals surface area (Å²) >= 11 is 1.76. The third-order valence-corrected chi connectivity index (χ3v) is 5.96. The van der Waals surface area contributed by atoms with E-state index in [4.69, 9.17) is 0 Å². The predicted molar refractivity (Wildman–Crippen MR) is 137 cm³/mol. The van der Waals surface area contributed by atoms with Crippen LogP contribution in [0.3, 0.4) is 0 Å². The summed E-state index contributed by atoms with van der Waals surface area (Å²) < 4.78 is 1.28. The van der Waals surface area contributed by atoms with E-state index in [1.165, 1.54) is 27.3 Å². The molecule has 0 aliphatic carbocycles. The number of hydrogen-bond donors (Lipinski definition) is 1. The summed E-state index contributed by atoms with van der Waals surface area (Å²) in [6.45, 7) is 17.6. The number of allylic oxidation sites excluding steroid dienone is 2. The number of aliphatic hydroxyl groups excluding tert-OH is 1. The fourth-order valence-electron chi connectivity index (χ4n) is 2.77. The Balaban J connectivity index is 0.000000346. The molecule has 2 aromatic heterocycles. The molecule has 0 unspecified atom stereocenters. The van der Waals surface area contributed by atoms with Gasteiger partial charge >= 0.3 is 0 Å². The monoisotopic (exact) mass is 643 g/mol. The Morgan fingerprint density at radius 3 is 2.27 bits per heavy atom. The van der Waals surface area contributed by atoms with Crippen molar-refractivity contribution in [3.8, 4) is 11.3 Å². The maximum absolute atomic E-state index is 11.5. The zero-order valence-corrected chi connectivity index (χ0v) is 24.4. The van der Waals surface area contributed by atoms with Gasteiger partial charge in [0.05, 0.1) is 0 Å². The van der Waals surface area contributed by atoms with E-state index >= 15 is 0 Å². The van der Waals surface area contributed by atoms with Gasteiger partial charge in [-0.1, -0.05) is 68.4 Å². The van der Waals surface area contributed by atoms with E-state index in [1.807, 2.05) is 47.7 Å². The van der Waals surface area contributed by atoms with E-state index in [1.54, 1.807) is 11.3 Å². The second-order valence-corrected chi connectivity index (χ2v) is 11.5. The molecule has 33 heavy (non-hydrogen) atoms. The Hall–Kier alpha value is -1.81.